The molecule has 110 valence electrons. The average molecular weight is 267 g/mol. The normalized spacial score (nSPS) is 26.8. The van der Waals surface area contributed by atoms with E-state index in [4.69, 9.17) is 9.31 Å². The van der Waals surface area contributed by atoms with Gasteiger partial charge in [0.1, 0.15) is 0 Å². The minimum absolute atomic E-state index is 0.00800. The third-order valence-electron chi connectivity index (χ3n) is 4.91. The van der Waals surface area contributed by atoms with Crippen LogP contribution in [0.15, 0.2) is 0 Å². The number of unbranched alkanes of at least 4 members (excludes halogenated alkanes) is 1. The maximum Gasteiger partial charge on any atom is 0.457 e. The van der Waals surface area contributed by atoms with Crippen molar-refractivity contribution < 1.29 is 9.31 Å². The highest BCUT2D eigenvalue weighted by Crippen LogP contribution is 2.38. The molecule has 0 amide bonds. The van der Waals surface area contributed by atoms with Gasteiger partial charge in [-0.15, -0.1) is 0 Å². The first-order valence-electron chi connectivity index (χ1n) is 7.99. The van der Waals surface area contributed by atoms with E-state index in [0.29, 0.717) is 0 Å². The molecule has 0 aromatic rings. The van der Waals surface area contributed by atoms with Gasteiger partial charge >= 0.3 is 7.12 Å². The molecule has 2 aliphatic heterocycles. The third kappa shape index (κ3) is 3.96. The van der Waals surface area contributed by atoms with Crippen LogP contribution in [0.5, 0.6) is 0 Å². The van der Waals surface area contributed by atoms with E-state index in [2.05, 4.69) is 32.6 Å². The molecule has 4 heteroatoms. The topological polar surface area (TPSA) is 21.7 Å². The van der Waals surface area contributed by atoms with Crippen LogP contribution >= 0.6 is 0 Å². The number of rotatable bonds is 5. The second kappa shape index (κ2) is 6.15. The molecule has 0 radical (unpaired) electrons. The Hall–Kier alpha value is -0.0551. The summed E-state index contributed by atoms with van der Waals surface area (Å²) in [6.07, 6.45) is 7.69. The maximum atomic E-state index is 6.02. The Morgan fingerprint density at radius 3 is 2.05 bits per heavy atom. The molecular weight excluding hydrogens is 237 g/mol. The Kier molecular flexibility index (Phi) is 4.96. The van der Waals surface area contributed by atoms with Gasteiger partial charge in [-0.2, -0.15) is 0 Å². The first kappa shape index (κ1) is 15.3. The summed E-state index contributed by atoms with van der Waals surface area (Å²) in [6.45, 7) is 12.4. The molecule has 2 saturated heterocycles. The zero-order valence-corrected chi connectivity index (χ0v) is 13.2. The molecule has 0 spiro atoms. The van der Waals surface area contributed by atoms with Crippen LogP contribution in [0.4, 0.5) is 0 Å². The molecule has 3 nitrogen and oxygen atoms in total. The molecule has 0 saturated carbocycles. The highest BCUT2D eigenvalue weighted by molar-refractivity contribution is 6.45. The van der Waals surface area contributed by atoms with E-state index < -0.39 is 0 Å². The van der Waals surface area contributed by atoms with Gasteiger partial charge in [-0.05, 0) is 72.9 Å². The fourth-order valence-electron chi connectivity index (χ4n) is 2.91. The van der Waals surface area contributed by atoms with Crippen LogP contribution in [0, 0.1) is 0 Å². The van der Waals surface area contributed by atoms with Crippen molar-refractivity contribution in [2.24, 2.45) is 0 Å². The van der Waals surface area contributed by atoms with Crippen molar-refractivity contribution in [1.29, 1.82) is 0 Å². The molecule has 0 aromatic carbocycles. The lowest BCUT2D eigenvalue weighted by molar-refractivity contribution is 0.00578. The highest BCUT2D eigenvalue weighted by atomic mass is 16.7. The average Bonchev–Trinajstić information content (AvgIpc) is 2.55. The van der Waals surface area contributed by atoms with Crippen LogP contribution in [0.2, 0.25) is 6.32 Å². The van der Waals surface area contributed by atoms with Gasteiger partial charge in [-0.3, -0.25) is 0 Å². The SMILES string of the molecule is CC1(C)OB(CCCCN2CCCCC2)OC1(C)C. The molecule has 2 rings (SSSR count). The fourth-order valence-corrected chi connectivity index (χ4v) is 2.91. The zero-order chi connectivity index (χ0) is 13.9. The smallest absolute Gasteiger partial charge is 0.403 e. The Bertz CT molecular complexity index is 272. The van der Waals surface area contributed by atoms with Crippen LogP contribution < -0.4 is 0 Å². The maximum absolute atomic E-state index is 6.02. The second-order valence-electron chi connectivity index (χ2n) is 7.08. The van der Waals surface area contributed by atoms with E-state index in [9.17, 15) is 0 Å². The van der Waals surface area contributed by atoms with E-state index in [-0.39, 0.29) is 18.3 Å². The fraction of sp³-hybridized carbons (Fsp3) is 1.00. The molecule has 2 heterocycles. The lowest BCUT2D eigenvalue weighted by Crippen LogP contribution is -2.41. The second-order valence-corrected chi connectivity index (χ2v) is 7.08. The standard InChI is InChI=1S/C15H30BNO2/c1-14(2)15(3,4)19-16(18-14)10-6-9-13-17-11-7-5-8-12-17/h5-13H2,1-4H3. The number of piperidine rings is 1. The van der Waals surface area contributed by atoms with Gasteiger partial charge in [-0.25, -0.2) is 0 Å². The van der Waals surface area contributed by atoms with Crippen LogP contribution in [0.3, 0.4) is 0 Å². The van der Waals surface area contributed by atoms with Gasteiger partial charge < -0.3 is 14.2 Å². The van der Waals surface area contributed by atoms with Gasteiger partial charge in [0, 0.05) is 0 Å². The van der Waals surface area contributed by atoms with Crippen molar-refractivity contribution in [3.05, 3.63) is 0 Å². The first-order chi connectivity index (χ1) is 8.91. The van der Waals surface area contributed by atoms with Crippen molar-refractivity contribution in [1.82, 2.24) is 4.90 Å². The van der Waals surface area contributed by atoms with Crippen molar-refractivity contribution >= 4 is 7.12 Å². The minimum Gasteiger partial charge on any atom is -0.403 e. The molecule has 0 aliphatic carbocycles. The van der Waals surface area contributed by atoms with Gasteiger partial charge in [-0.1, -0.05) is 12.8 Å². The largest absolute Gasteiger partial charge is 0.457 e. The zero-order valence-electron chi connectivity index (χ0n) is 13.2. The first-order valence-corrected chi connectivity index (χ1v) is 7.99. The van der Waals surface area contributed by atoms with Gasteiger partial charge in [0.15, 0.2) is 0 Å². The van der Waals surface area contributed by atoms with Gasteiger partial charge in [0.2, 0.25) is 0 Å². The molecule has 2 aliphatic rings. The van der Waals surface area contributed by atoms with Crippen LogP contribution in [0.1, 0.15) is 59.8 Å². The number of likely N-dealkylation sites (tertiary alicyclic amines) is 1. The summed E-state index contributed by atoms with van der Waals surface area (Å²) in [5, 5.41) is 0. The summed E-state index contributed by atoms with van der Waals surface area (Å²) in [6, 6.07) is 0. The third-order valence-corrected chi connectivity index (χ3v) is 4.91. The molecule has 0 atom stereocenters. The Morgan fingerprint density at radius 1 is 0.895 bits per heavy atom. The van der Waals surface area contributed by atoms with E-state index in [0.717, 1.165) is 6.32 Å². The number of hydrogen-bond acceptors (Lipinski definition) is 3. The van der Waals surface area contributed by atoms with Crippen molar-refractivity contribution in [2.75, 3.05) is 19.6 Å². The number of hydrogen-bond donors (Lipinski definition) is 0. The predicted octanol–water partition coefficient (Wildman–Crippen LogP) is 3.34. The quantitative estimate of drug-likeness (QED) is 0.563. The lowest BCUT2D eigenvalue weighted by Gasteiger charge is -2.32. The Balaban J connectivity index is 1.61. The van der Waals surface area contributed by atoms with Crippen LogP contribution in [0.25, 0.3) is 0 Å². The Labute approximate surface area is 119 Å². The van der Waals surface area contributed by atoms with Gasteiger partial charge in [0.25, 0.3) is 0 Å². The summed E-state index contributed by atoms with van der Waals surface area (Å²) in [5.74, 6) is 0. The van der Waals surface area contributed by atoms with Crippen molar-refractivity contribution in [3.8, 4) is 0 Å². The number of nitrogens with zero attached hydrogens (tertiary/aromatic N) is 1. The van der Waals surface area contributed by atoms with Crippen molar-refractivity contribution in [3.63, 3.8) is 0 Å². The molecule has 0 N–H and O–H groups in total. The van der Waals surface area contributed by atoms with Crippen LogP contribution in [-0.2, 0) is 9.31 Å². The van der Waals surface area contributed by atoms with E-state index in [1.165, 1.54) is 51.7 Å². The van der Waals surface area contributed by atoms with Crippen molar-refractivity contribution in [2.45, 2.75) is 77.3 Å². The predicted molar refractivity (Wildman–Crippen MR) is 80.4 cm³/mol. The summed E-state index contributed by atoms with van der Waals surface area (Å²) in [4.78, 5) is 2.60. The van der Waals surface area contributed by atoms with E-state index in [1.54, 1.807) is 0 Å². The monoisotopic (exact) mass is 267 g/mol. The molecular formula is C15H30BNO2. The highest BCUT2D eigenvalue weighted by Gasteiger charge is 2.50. The van der Waals surface area contributed by atoms with E-state index in [1.807, 2.05) is 0 Å². The van der Waals surface area contributed by atoms with E-state index >= 15 is 0 Å². The summed E-state index contributed by atoms with van der Waals surface area (Å²) in [5.41, 5.74) is -0.352. The summed E-state index contributed by atoms with van der Waals surface area (Å²) < 4.78 is 12.0. The summed E-state index contributed by atoms with van der Waals surface area (Å²) in [7, 11) is -0.00800. The summed E-state index contributed by atoms with van der Waals surface area (Å²) >= 11 is 0. The van der Waals surface area contributed by atoms with Gasteiger partial charge in [0.05, 0.1) is 11.2 Å². The molecule has 0 unspecified atom stereocenters. The molecule has 19 heavy (non-hydrogen) atoms. The molecule has 0 bridgehead atoms. The minimum atomic E-state index is -0.176. The lowest BCUT2D eigenvalue weighted by atomic mass is 9.82. The van der Waals surface area contributed by atoms with Crippen LogP contribution in [-0.4, -0.2) is 42.9 Å². The Morgan fingerprint density at radius 2 is 1.47 bits per heavy atom. The molecule has 0 aromatic heterocycles. The molecule has 2 fully saturated rings.